The number of aromatic carboxylic acids is 1. The zero-order valence-corrected chi connectivity index (χ0v) is 21.0. The van der Waals surface area contributed by atoms with E-state index in [1.165, 1.54) is 13.3 Å². The summed E-state index contributed by atoms with van der Waals surface area (Å²) >= 11 is 0. The van der Waals surface area contributed by atoms with Gasteiger partial charge in [0.15, 0.2) is 11.6 Å². The number of carboxylic acid groups (broad SMARTS) is 1. The van der Waals surface area contributed by atoms with E-state index in [2.05, 4.69) is 0 Å². The summed E-state index contributed by atoms with van der Waals surface area (Å²) in [4.78, 5) is 41.2. The summed E-state index contributed by atoms with van der Waals surface area (Å²) in [7, 11) is 1.43. The number of pyridine rings is 1. The van der Waals surface area contributed by atoms with Crippen LogP contribution in [0.5, 0.6) is 5.75 Å². The molecule has 0 radical (unpaired) electrons. The highest BCUT2D eigenvalue weighted by Gasteiger charge is 2.44. The number of amides is 1. The fraction of sp³-hybridized carbons (Fsp3) is 0.577. The van der Waals surface area contributed by atoms with E-state index in [-0.39, 0.29) is 46.5 Å². The maximum Gasteiger partial charge on any atom is 0.410 e. The molecule has 1 unspecified atom stereocenters. The molecule has 1 N–H and O–H groups in total. The minimum Gasteiger partial charge on any atom is -0.492 e. The number of ether oxygens (including phenoxy) is 2. The van der Waals surface area contributed by atoms with Crippen LogP contribution in [0.3, 0.4) is 0 Å². The largest absolute Gasteiger partial charge is 0.492 e. The zero-order chi connectivity index (χ0) is 25.9. The molecular weight excluding hydrogens is 469 g/mol. The second kappa shape index (κ2) is 8.67. The normalized spacial score (nSPS) is 22.0. The van der Waals surface area contributed by atoms with Crippen LogP contribution in [-0.4, -0.2) is 65.0 Å². The van der Waals surface area contributed by atoms with Crippen molar-refractivity contribution in [3.63, 3.8) is 0 Å². The van der Waals surface area contributed by atoms with Gasteiger partial charge in [0, 0.05) is 31.9 Å². The first-order valence-corrected chi connectivity index (χ1v) is 12.4. The number of aromatic nitrogens is 1. The van der Waals surface area contributed by atoms with Crippen LogP contribution in [0.1, 0.15) is 62.9 Å². The van der Waals surface area contributed by atoms with E-state index in [9.17, 15) is 19.5 Å². The lowest BCUT2D eigenvalue weighted by molar-refractivity contribution is 0.00668. The third kappa shape index (κ3) is 4.16. The number of piperidine rings is 1. The Morgan fingerprint density at radius 1 is 1.17 bits per heavy atom. The number of methoxy groups -OCH3 is 1. The Morgan fingerprint density at radius 2 is 1.89 bits per heavy atom. The zero-order valence-electron chi connectivity index (χ0n) is 21.0. The average Bonchev–Trinajstić information content (AvgIpc) is 3.55. The molecule has 0 bridgehead atoms. The van der Waals surface area contributed by atoms with E-state index in [4.69, 9.17) is 9.47 Å². The fourth-order valence-corrected chi connectivity index (χ4v) is 5.63. The minimum absolute atomic E-state index is 0.00750. The molecule has 1 aromatic carbocycles. The van der Waals surface area contributed by atoms with Gasteiger partial charge in [-0.15, -0.1) is 0 Å². The molecule has 3 heterocycles. The maximum atomic E-state index is 15.7. The summed E-state index contributed by atoms with van der Waals surface area (Å²) in [6.45, 7) is 7.01. The van der Waals surface area contributed by atoms with Gasteiger partial charge in [0.2, 0.25) is 5.43 Å². The summed E-state index contributed by atoms with van der Waals surface area (Å²) in [6, 6.07) is 1.03. The van der Waals surface area contributed by atoms with Crippen molar-refractivity contribution in [2.45, 2.75) is 64.1 Å². The molecule has 194 valence electrons. The Balaban J connectivity index is 1.58. The van der Waals surface area contributed by atoms with Crippen LogP contribution in [0.25, 0.3) is 10.9 Å². The van der Waals surface area contributed by atoms with Crippen LogP contribution in [-0.2, 0) is 4.74 Å². The first-order valence-electron chi connectivity index (χ1n) is 12.4. The number of halogens is 1. The molecule has 1 aromatic heterocycles. The summed E-state index contributed by atoms with van der Waals surface area (Å²) in [5.74, 6) is -1.63. The fourth-order valence-electron chi connectivity index (χ4n) is 5.63. The molecule has 2 aromatic rings. The predicted molar refractivity (Wildman–Crippen MR) is 132 cm³/mol. The van der Waals surface area contributed by atoms with Crippen molar-refractivity contribution in [1.82, 2.24) is 9.47 Å². The predicted octanol–water partition coefficient (Wildman–Crippen LogP) is 4.02. The summed E-state index contributed by atoms with van der Waals surface area (Å²) in [5, 5.41) is 9.54. The SMILES string of the molecule is COc1c(N2CC3[C@@H](CCCN3C(=O)OC(C)(C)C)C2)c(F)cc2c(=O)c(C(=O)O)cn(C3CC3)c12. The number of hydrogen-bond acceptors (Lipinski definition) is 6. The number of fused-ring (bicyclic) bond motifs is 2. The Labute approximate surface area is 208 Å². The summed E-state index contributed by atoms with van der Waals surface area (Å²) in [5.41, 5.74) is -1.09. The molecule has 2 aliphatic heterocycles. The Hall–Kier alpha value is -3.30. The molecular formula is C26H32FN3O6. The molecule has 2 saturated heterocycles. The second-order valence-electron chi connectivity index (χ2n) is 11.0. The molecule has 2 atom stereocenters. The molecule has 3 aliphatic rings. The molecule has 0 spiro atoms. The van der Waals surface area contributed by atoms with Gasteiger partial charge in [0.1, 0.15) is 16.9 Å². The quantitative estimate of drug-likeness (QED) is 0.675. The van der Waals surface area contributed by atoms with E-state index in [0.717, 1.165) is 31.7 Å². The van der Waals surface area contributed by atoms with Crippen LogP contribution < -0.4 is 15.1 Å². The maximum absolute atomic E-state index is 15.7. The lowest BCUT2D eigenvalue weighted by Crippen LogP contribution is -2.50. The van der Waals surface area contributed by atoms with Crippen LogP contribution in [0.15, 0.2) is 17.1 Å². The van der Waals surface area contributed by atoms with Crippen molar-refractivity contribution in [3.05, 3.63) is 33.9 Å². The summed E-state index contributed by atoms with van der Waals surface area (Å²) < 4.78 is 28.8. The first-order chi connectivity index (χ1) is 17.0. The standard InChI is InChI=1S/C26H32FN3O6/c1-26(2,3)36-25(34)29-9-5-6-14-11-28(13-19(14)29)21-18(27)10-16-20(23(21)35-4)30(15-7-8-15)12-17(22(16)31)24(32)33/h10,12,14-15,19H,5-9,11,13H2,1-4H3,(H,32,33)/t14-,19?/m0/s1. The van der Waals surface area contributed by atoms with Crippen molar-refractivity contribution in [2.75, 3.05) is 31.6 Å². The number of hydrogen-bond donors (Lipinski definition) is 1. The first kappa shape index (κ1) is 24.4. The van der Waals surface area contributed by atoms with Crippen molar-refractivity contribution < 1.29 is 28.6 Å². The number of rotatable bonds is 4. The highest BCUT2D eigenvalue weighted by molar-refractivity contribution is 5.97. The van der Waals surface area contributed by atoms with Crippen molar-refractivity contribution in [1.29, 1.82) is 0 Å². The number of nitrogens with zero attached hydrogens (tertiary/aromatic N) is 3. The molecule has 10 heteroatoms. The molecule has 1 aliphatic carbocycles. The van der Waals surface area contributed by atoms with Crippen molar-refractivity contribution in [2.24, 2.45) is 5.92 Å². The smallest absolute Gasteiger partial charge is 0.410 e. The van der Waals surface area contributed by atoms with Gasteiger partial charge >= 0.3 is 12.1 Å². The number of likely N-dealkylation sites (tertiary alicyclic amines) is 1. The van der Waals surface area contributed by atoms with E-state index in [1.54, 1.807) is 9.47 Å². The van der Waals surface area contributed by atoms with Crippen LogP contribution in [0, 0.1) is 11.7 Å². The number of anilines is 1. The highest BCUT2D eigenvalue weighted by atomic mass is 19.1. The van der Waals surface area contributed by atoms with Crippen molar-refractivity contribution >= 4 is 28.7 Å². The van der Waals surface area contributed by atoms with Crippen LogP contribution >= 0.6 is 0 Å². The van der Waals surface area contributed by atoms with Gasteiger partial charge in [-0.2, -0.15) is 0 Å². The molecule has 9 nitrogen and oxygen atoms in total. The third-order valence-electron chi connectivity index (χ3n) is 7.30. The topological polar surface area (TPSA) is 101 Å². The number of carboxylic acids is 1. The minimum atomic E-state index is -1.34. The molecule has 36 heavy (non-hydrogen) atoms. The van der Waals surface area contributed by atoms with E-state index < -0.39 is 22.8 Å². The van der Waals surface area contributed by atoms with Gasteiger partial charge in [0.25, 0.3) is 0 Å². The Kier molecular flexibility index (Phi) is 5.88. The third-order valence-corrected chi connectivity index (χ3v) is 7.30. The second-order valence-corrected chi connectivity index (χ2v) is 11.0. The van der Waals surface area contributed by atoms with Crippen LogP contribution in [0.2, 0.25) is 0 Å². The molecule has 3 fully saturated rings. The van der Waals surface area contributed by atoms with E-state index >= 15 is 4.39 Å². The number of carbonyl (C=O) groups excluding carboxylic acids is 1. The number of carbonyl (C=O) groups is 2. The van der Waals surface area contributed by atoms with Gasteiger partial charge < -0.3 is 28.9 Å². The van der Waals surface area contributed by atoms with Gasteiger partial charge in [0.05, 0.1) is 24.1 Å². The van der Waals surface area contributed by atoms with Crippen LogP contribution in [0.4, 0.5) is 14.9 Å². The lowest BCUT2D eigenvalue weighted by Gasteiger charge is -2.37. The Morgan fingerprint density at radius 3 is 2.50 bits per heavy atom. The Bertz CT molecular complexity index is 1300. The lowest BCUT2D eigenvalue weighted by atomic mass is 9.92. The molecule has 1 saturated carbocycles. The van der Waals surface area contributed by atoms with Crippen molar-refractivity contribution in [3.8, 4) is 5.75 Å². The van der Waals surface area contributed by atoms with Gasteiger partial charge in [-0.05, 0) is 58.4 Å². The highest BCUT2D eigenvalue weighted by Crippen LogP contribution is 2.45. The molecule has 1 amide bonds. The monoisotopic (exact) mass is 501 g/mol. The van der Waals surface area contributed by atoms with E-state index in [1.807, 2.05) is 25.7 Å². The summed E-state index contributed by atoms with van der Waals surface area (Å²) in [6.07, 6.45) is 4.41. The van der Waals surface area contributed by atoms with Gasteiger partial charge in [-0.1, -0.05) is 0 Å². The van der Waals surface area contributed by atoms with Gasteiger partial charge in [-0.3, -0.25) is 4.79 Å². The van der Waals surface area contributed by atoms with E-state index in [0.29, 0.717) is 25.2 Å². The molecule has 5 rings (SSSR count). The average molecular weight is 502 g/mol. The van der Waals surface area contributed by atoms with Gasteiger partial charge in [-0.25, -0.2) is 14.0 Å². The number of benzene rings is 1.